The van der Waals surface area contributed by atoms with Gasteiger partial charge in [0.25, 0.3) is 5.91 Å². The summed E-state index contributed by atoms with van der Waals surface area (Å²) < 4.78 is 0. The van der Waals surface area contributed by atoms with Crippen molar-refractivity contribution in [3.8, 4) is 0 Å². The zero-order valence-corrected chi connectivity index (χ0v) is 10.4. The highest BCUT2D eigenvalue weighted by Crippen LogP contribution is 2.19. The van der Waals surface area contributed by atoms with E-state index in [1.165, 1.54) is 0 Å². The lowest BCUT2D eigenvalue weighted by Crippen LogP contribution is -2.50. The third-order valence-electron chi connectivity index (χ3n) is 3.17. The van der Waals surface area contributed by atoms with E-state index in [1.54, 1.807) is 23.2 Å². The van der Waals surface area contributed by atoms with Crippen LogP contribution in [0.3, 0.4) is 0 Å². The third-order valence-corrected chi connectivity index (χ3v) is 3.17. The van der Waals surface area contributed by atoms with Gasteiger partial charge in [-0.05, 0) is 12.1 Å². The molecular weight excluding hydrogens is 262 g/mol. The lowest BCUT2D eigenvalue weighted by atomic mass is 10.1. The molecule has 0 bridgehead atoms. The number of aromatic nitrogens is 1. The quantitative estimate of drug-likeness (QED) is 0.538. The van der Waals surface area contributed by atoms with E-state index in [-0.39, 0.29) is 17.9 Å². The number of hydrogen-bond acceptors (Lipinski definition) is 4. The van der Waals surface area contributed by atoms with Crippen molar-refractivity contribution in [1.82, 2.24) is 20.5 Å². The summed E-state index contributed by atoms with van der Waals surface area (Å²) in [7, 11) is 0. The number of nitrogens with zero attached hydrogens (tertiary/aromatic N) is 2. The van der Waals surface area contributed by atoms with E-state index >= 15 is 0 Å². The molecule has 0 radical (unpaired) electrons. The SMILES string of the molecule is O=C(O)NC1=NC2C(C=CCN2C(=O)c2ccc[nH]2)N1. The first-order valence-electron chi connectivity index (χ1n) is 6.10. The minimum atomic E-state index is -1.19. The molecule has 20 heavy (non-hydrogen) atoms. The number of aliphatic imine (C=N–C) groups is 1. The third kappa shape index (κ3) is 2.11. The summed E-state index contributed by atoms with van der Waals surface area (Å²) in [6.07, 6.45) is 3.77. The first-order valence-corrected chi connectivity index (χ1v) is 6.10. The van der Waals surface area contributed by atoms with E-state index < -0.39 is 12.3 Å². The van der Waals surface area contributed by atoms with Crippen LogP contribution in [0.5, 0.6) is 0 Å². The fraction of sp³-hybridized carbons (Fsp3) is 0.250. The van der Waals surface area contributed by atoms with Crippen molar-refractivity contribution in [3.63, 3.8) is 0 Å². The van der Waals surface area contributed by atoms with Crippen LogP contribution in [0.1, 0.15) is 10.5 Å². The number of nitrogens with one attached hydrogen (secondary N) is 3. The lowest BCUT2D eigenvalue weighted by Gasteiger charge is -2.31. The van der Waals surface area contributed by atoms with Crippen LogP contribution in [0.2, 0.25) is 0 Å². The first-order chi connectivity index (χ1) is 9.65. The van der Waals surface area contributed by atoms with Gasteiger partial charge < -0.3 is 20.3 Å². The molecular formula is C12H13N5O3. The maximum Gasteiger partial charge on any atom is 0.411 e. The van der Waals surface area contributed by atoms with E-state index in [2.05, 4.69) is 20.6 Å². The Hall–Kier alpha value is -2.77. The monoisotopic (exact) mass is 275 g/mol. The summed E-state index contributed by atoms with van der Waals surface area (Å²) in [4.78, 5) is 31.7. The van der Waals surface area contributed by atoms with E-state index in [0.717, 1.165) is 0 Å². The smallest absolute Gasteiger partial charge is 0.411 e. The van der Waals surface area contributed by atoms with Gasteiger partial charge in [-0.2, -0.15) is 0 Å². The van der Waals surface area contributed by atoms with Crippen molar-refractivity contribution in [3.05, 3.63) is 36.2 Å². The molecule has 1 aromatic heterocycles. The van der Waals surface area contributed by atoms with Crippen molar-refractivity contribution in [2.75, 3.05) is 6.54 Å². The van der Waals surface area contributed by atoms with Crippen LogP contribution < -0.4 is 10.6 Å². The van der Waals surface area contributed by atoms with Crippen LogP contribution >= 0.6 is 0 Å². The standard InChI is InChI=1S/C12H13N5O3/c18-10(8-3-1-5-13-8)17-6-2-4-7-9(17)15-11(14-7)16-12(19)20/h1-5,7,9,13H,6H2,(H,19,20)(H2,14,15,16). The molecule has 2 unspecified atom stereocenters. The van der Waals surface area contributed by atoms with Gasteiger partial charge in [-0.1, -0.05) is 12.2 Å². The van der Waals surface area contributed by atoms with Gasteiger partial charge in [0.2, 0.25) is 5.96 Å². The van der Waals surface area contributed by atoms with Crippen molar-refractivity contribution < 1.29 is 14.7 Å². The number of rotatable bonds is 1. The topological polar surface area (TPSA) is 110 Å². The normalized spacial score (nSPS) is 23.8. The second kappa shape index (κ2) is 4.72. The molecule has 2 atom stereocenters. The summed E-state index contributed by atoms with van der Waals surface area (Å²) in [6.45, 7) is 0.435. The summed E-state index contributed by atoms with van der Waals surface area (Å²) in [5, 5.41) is 13.8. The summed E-state index contributed by atoms with van der Waals surface area (Å²) in [6, 6.07) is 3.22. The molecule has 0 saturated heterocycles. The second-order valence-electron chi connectivity index (χ2n) is 4.46. The predicted molar refractivity (Wildman–Crippen MR) is 70.3 cm³/mol. The van der Waals surface area contributed by atoms with E-state index in [0.29, 0.717) is 12.2 Å². The Bertz CT molecular complexity index is 592. The number of guanidine groups is 1. The molecule has 8 nitrogen and oxygen atoms in total. The fourth-order valence-electron chi connectivity index (χ4n) is 2.31. The number of amides is 2. The number of H-pyrrole nitrogens is 1. The zero-order chi connectivity index (χ0) is 14.1. The Kier molecular flexibility index (Phi) is 2.90. The summed E-state index contributed by atoms with van der Waals surface area (Å²) >= 11 is 0. The molecule has 2 aliphatic heterocycles. The van der Waals surface area contributed by atoms with Crippen LogP contribution in [0, 0.1) is 0 Å². The molecule has 3 heterocycles. The number of hydrogen-bond donors (Lipinski definition) is 4. The second-order valence-corrected chi connectivity index (χ2v) is 4.46. The van der Waals surface area contributed by atoms with Gasteiger partial charge >= 0.3 is 6.09 Å². The molecule has 0 aliphatic carbocycles. The average molecular weight is 275 g/mol. The van der Waals surface area contributed by atoms with Gasteiger partial charge in [0.05, 0.1) is 6.04 Å². The van der Waals surface area contributed by atoms with E-state index in [9.17, 15) is 9.59 Å². The summed E-state index contributed by atoms with van der Waals surface area (Å²) in [5.41, 5.74) is 0.480. The Labute approximate surface area is 114 Å². The number of carbonyl (C=O) groups excluding carboxylic acids is 1. The van der Waals surface area contributed by atoms with Crippen molar-refractivity contribution in [2.45, 2.75) is 12.2 Å². The Balaban J connectivity index is 1.82. The molecule has 0 spiro atoms. The van der Waals surface area contributed by atoms with Gasteiger partial charge in [-0.3, -0.25) is 10.1 Å². The number of fused-ring (bicyclic) bond motifs is 1. The molecule has 0 fully saturated rings. The van der Waals surface area contributed by atoms with Crippen molar-refractivity contribution in [2.24, 2.45) is 4.99 Å². The maximum absolute atomic E-state index is 12.4. The van der Waals surface area contributed by atoms with Crippen LogP contribution in [-0.2, 0) is 0 Å². The van der Waals surface area contributed by atoms with Gasteiger partial charge in [0.15, 0.2) is 6.17 Å². The lowest BCUT2D eigenvalue weighted by molar-refractivity contribution is 0.0684. The molecule has 104 valence electrons. The fourth-order valence-corrected chi connectivity index (χ4v) is 2.31. The van der Waals surface area contributed by atoms with E-state index in [4.69, 9.17) is 5.11 Å². The number of carbonyl (C=O) groups is 2. The molecule has 3 rings (SSSR count). The number of aromatic amines is 1. The van der Waals surface area contributed by atoms with E-state index in [1.807, 2.05) is 12.2 Å². The Morgan fingerprint density at radius 3 is 3.05 bits per heavy atom. The van der Waals surface area contributed by atoms with Gasteiger partial charge in [0.1, 0.15) is 5.69 Å². The predicted octanol–water partition coefficient (Wildman–Crippen LogP) is -0.0518. The minimum absolute atomic E-state index is 0.156. The highest BCUT2D eigenvalue weighted by molar-refractivity contribution is 5.96. The molecule has 4 N–H and O–H groups in total. The van der Waals surface area contributed by atoms with Gasteiger partial charge in [0, 0.05) is 12.7 Å². The molecule has 1 aromatic rings. The van der Waals surface area contributed by atoms with Gasteiger partial charge in [-0.25, -0.2) is 9.79 Å². The minimum Gasteiger partial charge on any atom is -0.465 e. The first kappa shape index (κ1) is 12.3. The van der Waals surface area contributed by atoms with Crippen LogP contribution in [-0.4, -0.2) is 51.7 Å². The number of carboxylic acid groups (broad SMARTS) is 1. The highest BCUT2D eigenvalue weighted by Gasteiger charge is 2.37. The van der Waals surface area contributed by atoms with Crippen molar-refractivity contribution >= 4 is 18.0 Å². The van der Waals surface area contributed by atoms with Crippen LogP contribution in [0.25, 0.3) is 0 Å². The Morgan fingerprint density at radius 2 is 2.35 bits per heavy atom. The zero-order valence-electron chi connectivity index (χ0n) is 10.4. The molecule has 8 heteroatoms. The maximum atomic E-state index is 12.4. The van der Waals surface area contributed by atoms with Crippen molar-refractivity contribution in [1.29, 1.82) is 0 Å². The molecule has 2 amide bonds. The summed E-state index contributed by atoms with van der Waals surface area (Å²) in [5.74, 6) is -0.0141. The molecule has 0 saturated carbocycles. The Morgan fingerprint density at radius 1 is 1.50 bits per heavy atom. The largest absolute Gasteiger partial charge is 0.465 e. The molecule has 2 aliphatic rings. The van der Waals surface area contributed by atoms with Gasteiger partial charge in [-0.15, -0.1) is 0 Å². The average Bonchev–Trinajstić information content (AvgIpc) is 3.05. The molecule has 0 aromatic carbocycles. The highest BCUT2D eigenvalue weighted by atomic mass is 16.4. The van der Waals surface area contributed by atoms with Crippen LogP contribution in [0.15, 0.2) is 35.5 Å². The van der Waals surface area contributed by atoms with Crippen LogP contribution in [0.4, 0.5) is 4.79 Å².